The van der Waals surface area contributed by atoms with Crippen LogP contribution in [0.2, 0.25) is 0 Å². The third kappa shape index (κ3) is 7.87. The summed E-state index contributed by atoms with van der Waals surface area (Å²) in [5, 5.41) is 0. The Labute approximate surface area is 54.8 Å². The third-order valence-electron chi connectivity index (χ3n) is 0.546. The zero-order valence-corrected chi connectivity index (χ0v) is 6.14. The van der Waals surface area contributed by atoms with Gasteiger partial charge in [-0.3, -0.25) is 0 Å². The summed E-state index contributed by atoms with van der Waals surface area (Å²) in [6.07, 6.45) is 0. The van der Waals surface area contributed by atoms with Crippen LogP contribution in [0.1, 0.15) is 13.8 Å². The lowest BCUT2D eigenvalue weighted by Gasteiger charge is -1.99. The largest absolute Gasteiger partial charge is 0.427 e. The molecule has 0 aromatic heterocycles. The fraction of sp³-hybridized carbons (Fsp3) is 1.00. The fourth-order valence-corrected chi connectivity index (χ4v) is 0.658. The molecule has 5 heteroatoms. The number of hydrogen-bond acceptors (Lipinski definition) is 3. The van der Waals surface area contributed by atoms with Crippen molar-refractivity contribution in [2.75, 3.05) is 6.61 Å². The van der Waals surface area contributed by atoms with Gasteiger partial charge in [0.15, 0.2) is 0 Å². The predicted octanol–water partition coefficient (Wildman–Crippen LogP) is 0.334. The summed E-state index contributed by atoms with van der Waals surface area (Å²) in [6.45, 7) is 3.47. The Balaban J connectivity index is 3.53. The molecule has 0 saturated heterocycles. The summed E-state index contributed by atoms with van der Waals surface area (Å²) in [7, 11) is -4.47. The van der Waals surface area contributed by atoms with Crippen molar-refractivity contribution in [3.05, 3.63) is 0 Å². The van der Waals surface area contributed by atoms with Crippen LogP contribution in [0, 0.1) is 5.92 Å². The maximum absolute atomic E-state index is 9.76. The quantitative estimate of drug-likeness (QED) is 0.587. The topological polar surface area (TPSA) is 63.3 Å². The standard InChI is InChI=1S/C4H9O4S/c1-4(2)3-8-9(5,6)7/h4H,3H2,1-2H3. The molecular formula is C4H9O4S. The lowest BCUT2D eigenvalue weighted by molar-refractivity contribution is 0.219. The van der Waals surface area contributed by atoms with Gasteiger partial charge in [0.2, 0.25) is 0 Å². The zero-order chi connectivity index (χ0) is 7.49. The molecule has 0 spiro atoms. The highest BCUT2D eigenvalue weighted by molar-refractivity contribution is 7.80. The Morgan fingerprint density at radius 1 is 1.44 bits per heavy atom. The monoisotopic (exact) mass is 153 g/mol. The molecule has 55 valence electrons. The molecule has 0 atom stereocenters. The van der Waals surface area contributed by atoms with Crippen LogP contribution in [0.15, 0.2) is 0 Å². The molecule has 0 aliphatic heterocycles. The Kier molecular flexibility index (Phi) is 3.10. The van der Waals surface area contributed by atoms with Gasteiger partial charge in [-0.1, -0.05) is 18.4 Å². The molecule has 0 amide bonds. The highest BCUT2D eigenvalue weighted by Gasteiger charge is 2.06. The Bertz CT molecular complexity index is 157. The first kappa shape index (κ1) is 8.87. The summed E-state index contributed by atoms with van der Waals surface area (Å²) in [4.78, 5) is 0. The van der Waals surface area contributed by atoms with Crippen LogP contribution in [-0.2, 0) is 19.1 Å². The summed E-state index contributed by atoms with van der Waals surface area (Å²) in [6, 6.07) is 0. The van der Waals surface area contributed by atoms with Gasteiger partial charge in [0.1, 0.15) is 0 Å². The molecule has 9 heavy (non-hydrogen) atoms. The van der Waals surface area contributed by atoms with E-state index in [0.29, 0.717) is 0 Å². The zero-order valence-electron chi connectivity index (χ0n) is 5.33. The van der Waals surface area contributed by atoms with E-state index in [1.807, 2.05) is 0 Å². The molecule has 1 radical (unpaired) electrons. The van der Waals surface area contributed by atoms with Gasteiger partial charge in [-0.2, -0.15) is 8.42 Å². The smallest absolute Gasteiger partial charge is 0.246 e. The van der Waals surface area contributed by atoms with E-state index in [0.717, 1.165) is 0 Å². The summed E-state index contributed by atoms with van der Waals surface area (Å²) in [5.74, 6) is 0.0636. The minimum absolute atomic E-state index is 0.0359. The number of rotatable bonds is 3. The molecule has 0 aromatic carbocycles. The van der Waals surface area contributed by atoms with E-state index in [1.165, 1.54) is 0 Å². The predicted molar refractivity (Wildman–Crippen MR) is 30.4 cm³/mol. The molecule has 0 aromatic rings. The van der Waals surface area contributed by atoms with Crippen molar-refractivity contribution in [2.45, 2.75) is 13.8 Å². The van der Waals surface area contributed by atoms with Crippen molar-refractivity contribution in [3.8, 4) is 0 Å². The van der Waals surface area contributed by atoms with Crippen molar-refractivity contribution >= 4 is 10.4 Å². The van der Waals surface area contributed by atoms with Gasteiger partial charge in [-0.05, 0) is 5.92 Å². The van der Waals surface area contributed by atoms with E-state index in [-0.39, 0.29) is 12.5 Å². The van der Waals surface area contributed by atoms with E-state index in [9.17, 15) is 13.0 Å². The molecule has 0 N–H and O–H groups in total. The van der Waals surface area contributed by atoms with Crippen LogP contribution in [0.4, 0.5) is 0 Å². The molecule has 0 aliphatic carbocycles. The molecule has 0 saturated carbocycles. The first-order chi connectivity index (χ1) is 3.92. The van der Waals surface area contributed by atoms with Gasteiger partial charge in [-0.15, -0.1) is 0 Å². The Morgan fingerprint density at radius 2 is 1.89 bits per heavy atom. The van der Waals surface area contributed by atoms with Crippen molar-refractivity contribution in [1.29, 1.82) is 0 Å². The number of hydrogen-bond donors (Lipinski definition) is 0. The molecule has 0 aliphatic rings. The minimum Gasteiger partial charge on any atom is -0.246 e. The lowest BCUT2D eigenvalue weighted by Crippen LogP contribution is -2.07. The van der Waals surface area contributed by atoms with Crippen LogP contribution in [0.25, 0.3) is 0 Å². The molecule has 0 bridgehead atoms. The van der Waals surface area contributed by atoms with E-state index in [1.54, 1.807) is 13.8 Å². The van der Waals surface area contributed by atoms with E-state index < -0.39 is 10.4 Å². The van der Waals surface area contributed by atoms with Crippen LogP contribution >= 0.6 is 0 Å². The van der Waals surface area contributed by atoms with E-state index in [2.05, 4.69) is 4.18 Å². The SMILES string of the molecule is CC(C)COS([O])(=O)=O. The van der Waals surface area contributed by atoms with Gasteiger partial charge in [-0.25, -0.2) is 4.18 Å². The molecule has 0 fully saturated rings. The summed E-state index contributed by atoms with van der Waals surface area (Å²) in [5.41, 5.74) is 0. The second-order valence-electron chi connectivity index (χ2n) is 2.09. The van der Waals surface area contributed by atoms with Gasteiger partial charge < -0.3 is 0 Å². The first-order valence-electron chi connectivity index (χ1n) is 2.52. The van der Waals surface area contributed by atoms with Gasteiger partial charge in [0.05, 0.1) is 6.61 Å². The first-order valence-corrected chi connectivity index (χ1v) is 3.85. The molecular weight excluding hydrogens is 144 g/mol. The maximum atomic E-state index is 9.76. The highest BCUT2D eigenvalue weighted by Crippen LogP contribution is 1.95. The molecule has 4 nitrogen and oxygen atoms in total. The van der Waals surface area contributed by atoms with Crippen molar-refractivity contribution in [3.63, 3.8) is 0 Å². The van der Waals surface area contributed by atoms with E-state index >= 15 is 0 Å². The highest BCUT2D eigenvalue weighted by atomic mass is 32.3. The Hall–Kier alpha value is -0.130. The molecule has 0 heterocycles. The average molecular weight is 153 g/mol. The van der Waals surface area contributed by atoms with Crippen LogP contribution < -0.4 is 0 Å². The van der Waals surface area contributed by atoms with Gasteiger partial charge in [0.25, 0.3) is 0 Å². The average Bonchev–Trinajstić information content (AvgIpc) is 1.59. The summed E-state index contributed by atoms with van der Waals surface area (Å²) < 4.78 is 33.2. The van der Waals surface area contributed by atoms with Crippen LogP contribution in [0.5, 0.6) is 0 Å². The lowest BCUT2D eigenvalue weighted by atomic mass is 10.2. The minimum atomic E-state index is -4.47. The normalized spacial score (nSPS) is 12.4. The maximum Gasteiger partial charge on any atom is 0.427 e. The van der Waals surface area contributed by atoms with Crippen LogP contribution in [-0.4, -0.2) is 15.0 Å². The van der Waals surface area contributed by atoms with Gasteiger partial charge >= 0.3 is 10.4 Å². The fourth-order valence-electron chi connectivity index (χ4n) is 0.219. The summed E-state index contributed by atoms with van der Waals surface area (Å²) >= 11 is 0. The van der Waals surface area contributed by atoms with Crippen molar-refractivity contribution in [2.24, 2.45) is 5.92 Å². The molecule has 0 rings (SSSR count). The third-order valence-corrected chi connectivity index (χ3v) is 0.970. The second-order valence-corrected chi connectivity index (χ2v) is 3.14. The van der Waals surface area contributed by atoms with E-state index in [4.69, 9.17) is 0 Å². The second kappa shape index (κ2) is 3.14. The van der Waals surface area contributed by atoms with Crippen LogP contribution in [0.3, 0.4) is 0 Å². The molecule has 0 unspecified atom stereocenters. The van der Waals surface area contributed by atoms with Crippen molar-refractivity contribution in [1.82, 2.24) is 0 Å². The van der Waals surface area contributed by atoms with Crippen molar-refractivity contribution < 1.29 is 17.2 Å². The van der Waals surface area contributed by atoms with Gasteiger partial charge in [0, 0.05) is 0 Å². The Morgan fingerprint density at radius 3 is 2.00 bits per heavy atom.